The van der Waals surface area contributed by atoms with E-state index in [0.717, 1.165) is 0 Å². The summed E-state index contributed by atoms with van der Waals surface area (Å²) in [7, 11) is 0. The Kier molecular flexibility index (Phi) is 4.93. The molecule has 0 rings (SSSR count). The number of nitrogens with one attached hydrogen (secondary N) is 1. The van der Waals surface area contributed by atoms with Crippen LogP contribution in [0.3, 0.4) is 0 Å². The summed E-state index contributed by atoms with van der Waals surface area (Å²) in [6.45, 7) is 2.84. The van der Waals surface area contributed by atoms with Crippen LogP contribution in [0, 0.1) is 5.41 Å². The SMILES string of the molecule is CC(C)(CN)C(=O)NCC(O)C(F)F. The Labute approximate surface area is 81.5 Å². The molecule has 4 N–H and O–H groups in total. The molecule has 0 aliphatic rings. The number of hydrogen-bond donors (Lipinski definition) is 3. The highest BCUT2D eigenvalue weighted by molar-refractivity contribution is 5.82. The summed E-state index contributed by atoms with van der Waals surface area (Å²) in [5.41, 5.74) is 4.50. The molecule has 0 aromatic heterocycles. The summed E-state index contributed by atoms with van der Waals surface area (Å²) in [4.78, 5) is 11.3. The van der Waals surface area contributed by atoms with Crippen LogP contribution in [0.4, 0.5) is 8.78 Å². The molecule has 14 heavy (non-hydrogen) atoms. The van der Waals surface area contributed by atoms with Crippen LogP contribution < -0.4 is 11.1 Å². The minimum absolute atomic E-state index is 0.115. The van der Waals surface area contributed by atoms with E-state index in [1.165, 1.54) is 0 Å². The zero-order valence-corrected chi connectivity index (χ0v) is 8.26. The van der Waals surface area contributed by atoms with Crippen molar-refractivity contribution in [1.29, 1.82) is 0 Å². The molecule has 0 saturated heterocycles. The van der Waals surface area contributed by atoms with Gasteiger partial charge in [-0.15, -0.1) is 0 Å². The van der Waals surface area contributed by atoms with E-state index in [0.29, 0.717) is 0 Å². The Hall–Kier alpha value is -0.750. The quantitative estimate of drug-likeness (QED) is 0.584. The van der Waals surface area contributed by atoms with E-state index in [2.05, 4.69) is 5.32 Å². The van der Waals surface area contributed by atoms with Gasteiger partial charge in [-0.2, -0.15) is 0 Å². The van der Waals surface area contributed by atoms with E-state index in [1.807, 2.05) is 0 Å². The van der Waals surface area contributed by atoms with Crippen molar-refractivity contribution in [2.45, 2.75) is 26.4 Å². The van der Waals surface area contributed by atoms with Gasteiger partial charge in [-0.25, -0.2) is 8.78 Å². The van der Waals surface area contributed by atoms with Crippen LogP contribution in [0.5, 0.6) is 0 Å². The first kappa shape index (κ1) is 13.2. The lowest BCUT2D eigenvalue weighted by atomic mass is 9.93. The number of carbonyl (C=O) groups excluding carboxylic acids is 1. The summed E-state index contributed by atoms with van der Waals surface area (Å²) >= 11 is 0. The van der Waals surface area contributed by atoms with Gasteiger partial charge in [0.25, 0.3) is 6.43 Å². The van der Waals surface area contributed by atoms with E-state index in [-0.39, 0.29) is 6.54 Å². The Bertz CT molecular complexity index is 198. The van der Waals surface area contributed by atoms with Crippen LogP contribution >= 0.6 is 0 Å². The van der Waals surface area contributed by atoms with Crippen molar-refractivity contribution in [3.63, 3.8) is 0 Å². The Morgan fingerprint density at radius 1 is 1.57 bits per heavy atom. The molecule has 1 unspecified atom stereocenters. The van der Waals surface area contributed by atoms with Gasteiger partial charge in [0.2, 0.25) is 5.91 Å². The minimum atomic E-state index is -2.85. The van der Waals surface area contributed by atoms with E-state index < -0.39 is 30.4 Å². The molecule has 0 saturated carbocycles. The van der Waals surface area contributed by atoms with Gasteiger partial charge in [0.15, 0.2) is 0 Å². The molecule has 0 bridgehead atoms. The van der Waals surface area contributed by atoms with Gasteiger partial charge in [0.1, 0.15) is 6.10 Å². The lowest BCUT2D eigenvalue weighted by Gasteiger charge is -2.22. The Morgan fingerprint density at radius 2 is 2.07 bits per heavy atom. The minimum Gasteiger partial charge on any atom is -0.385 e. The number of carbonyl (C=O) groups is 1. The molecule has 1 atom stereocenters. The van der Waals surface area contributed by atoms with Gasteiger partial charge >= 0.3 is 0 Å². The third kappa shape index (κ3) is 3.97. The monoisotopic (exact) mass is 210 g/mol. The first-order valence-corrected chi connectivity index (χ1v) is 4.26. The van der Waals surface area contributed by atoms with Crippen LogP contribution in [-0.4, -0.2) is 36.6 Å². The molecule has 4 nitrogen and oxygen atoms in total. The van der Waals surface area contributed by atoms with Crippen LogP contribution in [0.2, 0.25) is 0 Å². The van der Waals surface area contributed by atoms with Crippen molar-refractivity contribution in [2.24, 2.45) is 11.1 Å². The maximum Gasteiger partial charge on any atom is 0.265 e. The third-order valence-corrected chi connectivity index (χ3v) is 1.89. The highest BCUT2D eigenvalue weighted by Crippen LogP contribution is 2.12. The van der Waals surface area contributed by atoms with Crippen molar-refractivity contribution in [3.05, 3.63) is 0 Å². The number of amides is 1. The molecule has 0 radical (unpaired) electrons. The lowest BCUT2D eigenvalue weighted by Crippen LogP contribution is -2.45. The topological polar surface area (TPSA) is 75.4 Å². The summed E-state index contributed by atoms with van der Waals surface area (Å²) in [6.07, 6.45) is -4.68. The van der Waals surface area contributed by atoms with Crippen molar-refractivity contribution >= 4 is 5.91 Å². The highest BCUT2D eigenvalue weighted by atomic mass is 19.3. The number of alkyl halides is 2. The molecule has 0 aromatic rings. The first-order chi connectivity index (χ1) is 6.31. The van der Waals surface area contributed by atoms with E-state index in [4.69, 9.17) is 10.8 Å². The molecular formula is C8H16F2N2O2. The van der Waals surface area contributed by atoms with Gasteiger partial charge < -0.3 is 16.2 Å². The van der Waals surface area contributed by atoms with Gasteiger partial charge in [0, 0.05) is 13.1 Å². The second kappa shape index (κ2) is 5.21. The predicted octanol–water partition coefficient (Wildman–Crippen LogP) is -0.286. The zero-order valence-electron chi connectivity index (χ0n) is 8.26. The first-order valence-electron chi connectivity index (χ1n) is 4.26. The molecule has 0 fully saturated rings. The van der Waals surface area contributed by atoms with Gasteiger partial charge in [-0.3, -0.25) is 4.79 Å². The molecule has 0 heterocycles. The van der Waals surface area contributed by atoms with E-state index >= 15 is 0 Å². The smallest absolute Gasteiger partial charge is 0.265 e. The Morgan fingerprint density at radius 3 is 2.43 bits per heavy atom. The maximum atomic E-state index is 11.8. The normalized spacial score (nSPS) is 14.2. The van der Waals surface area contributed by atoms with Crippen LogP contribution in [0.25, 0.3) is 0 Å². The number of hydrogen-bond acceptors (Lipinski definition) is 3. The van der Waals surface area contributed by atoms with E-state index in [9.17, 15) is 13.6 Å². The summed E-state index contributed by atoms with van der Waals surface area (Å²) in [5, 5.41) is 10.9. The summed E-state index contributed by atoms with van der Waals surface area (Å²) in [5.74, 6) is -0.445. The number of nitrogens with two attached hydrogens (primary N) is 1. The fourth-order valence-corrected chi connectivity index (χ4v) is 0.618. The molecule has 6 heteroatoms. The summed E-state index contributed by atoms with van der Waals surface area (Å²) < 4.78 is 23.7. The second-order valence-electron chi connectivity index (χ2n) is 3.70. The van der Waals surface area contributed by atoms with Crippen molar-refractivity contribution in [1.82, 2.24) is 5.32 Å². The maximum absolute atomic E-state index is 11.8. The van der Waals surface area contributed by atoms with Crippen molar-refractivity contribution in [2.75, 3.05) is 13.1 Å². The van der Waals surface area contributed by atoms with Crippen molar-refractivity contribution in [3.8, 4) is 0 Å². The molecule has 0 aliphatic carbocycles. The number of halogens is 2. The van der Waals surface area contributed by atoms with Crippen LogP contribution in [0.1, 0.15) is 13.8 Å². The molecule has 84 valence electrons. The lowest BCUT2D eigenvalue weighted by molar-refractivity contribution is -0.129. The van der Waals surface area contributed by atoms with Gasteiger partial charge in [-0.1, -0.05) is 0 Å². The van der Waals surface area contributed by atoms with Crippen molar-refractivity contribution < 1.29 is 18.7 Å². The molecule has 0 aliphatic heterocycles. The largest absolute Gasteiger partial charge is 0.385 e. The molecule has 1 amide bonds. The van der Waals surface area contributed by atoms with Crippen LogP contribution in [0.15, 0.2) is 0 Å². The van der Waals surface area contributed by atoms with E-state index in [1.54, 1.807) is 13.8 Å². The fraction of sp³-hybridized carbons (Fsp3) is 0.875. The number of aliphatic hydroxyl groups excluding tert-OH is 1. The Balaban J connectivity index is 3.97. The highest BCUT2D eigenvalue weighted by Gasteiger charge is 2.27. The zero-order chi connectivity index (χ0) is 11.4. The second-order valence-corrected chi connectivity index (χ2v) is 3.70. The average molecular weight is 210 g/mol. The van der Waals surface area contributed by atoms with Crippen LogP contribution in [-0.2, 0) is 4.79 Å². The summed E-state index contributed by atoms with van der Waals surface area (Å²) in [6, 6.07) is 0. The van der Waals surface area contributed by atoms with Gasteiger partial charge in [0.05, 0.1) is 5.41 Å². The fourth-order valence-electron chi connectivity index (χ4n) is 0.618. The molecular weight excluding hydrogens is 194 g/mol. The average Bonchev–Trinajstić information content (AvgIpc) is 2.13. The number of aliphatic hydroxyl groups is 1. The molecule has 0 spiro atoms. The third-order valence-electron chi connectivity index (χ3n) is 1.89. The standard InChI is InChI=1S/C8H16F2N2O2/c1-8(2,4-11)7(14)12-3-5(13)6(9)10/h5-6,13H,3-4,11H2,1-2H3,(H,12,14). The number of rotatable bonds is 5. The van der Waals surface area contributed by atoms with Gasteiger partial charge in [-0.05, 0) is 13.8 Å². The molecule has 0 aromatic carbocycles. The predicted molar refractivity (Wildman–Crippen MR) is 47.9 cm³/mol.